The number of aromatic nitrogens is 2. The number of fused-ring (bicyclic) bond motifs is 1. The van der Waals surface area contributed by atoms with E-state index in [0.29, 0.717) is 31.1 Å². The quantitative estimate of drug-likeness (QED) is 0.768. The molecule has 0 saturated heterocycles. The number of nitrogens with zero attached hydrogens (tertiary/aromatic N) is 3. The van der Waals surface area contributed by atoms with Crippen molar-refractivity contribution in [2.45, 2.75) is 13.0 Å². The fourth-order valence-corrected chi connectivity index (χ4v) is 2.19. The first-order chi connectivity index (χ1) is 9.15. The van der Waals surface area contributed by atoms with Crippen molar-refractivity contribution in [1.29, 1.82) is 0 Å². The molecular formula is C12H13N5O2. The lowest BCUT2D eigenvalue weighted by molar-refractivity contribution is 0.0701. The maximum absolute atomic E-state index is 12.2. The van der Waals surface area contributed by atoms with Crippen LogP contribution in [0, 0.1) is 0 Å². The Hall–Kier alpha value is -2.57. The second-order valence-corrected chi connectivity index (χ2v) is 4.35. The number of hydrogen-bond acceptors (Lipinski definition) is 6. The first-order valence-electron chi connectivity index (χ1n) is 5.88. The summed E-state index contributed by atoms with van der Waals surface area (Å²) in [7, 11) is 0. The van der Waals surface area contributed by atoms with E-state index in [9.17, 15) is 4.79 Å². The summed E-state index contributed by atoms with van der Waals surface area (Å²) >= 11 is 0. The second kappa shape index (κ2) is 4.27. The van der Waals surface area contributed by atoms with Crippen LogP contribution in [-0.4, -0.2) is 27.3 Å². The molecule has 98 valence electrons. The molecule has 1 aliphatic heterocycles. The summed E-state index contributed by atoms with van der Waals surface area (Å²) in [6.45, 7) is 0.934. The number of nitrogen functional groups attached to an aromatic ring is 2. The first-order valence-corrected chi connectivity index (χ1v) is 5.88. The molecule has 4 N–H and O–H groups in total. The van der Waals surface area contributed by atoms with Gasteiger partial charge in [0.2, 0.25) is 5.95 Å². The summed E-state index contributed by atoms with van der Waals surface area (Å²) < 4.78 is 5.11. The largest absolute Gasteiger partial charge is 0.459 e. The van der Waals surface area contributed by atoms with Crippen LogP contribution in [0.25, 0.3) is 0 Å². The highest BCUT2D eigenvalue weighted by molar-refractivity contribution is 5.91. The Labute approximate surface area is 109 Å². The van der Waals surface area contributed by atoms with Gasteiger partial charge >= 0.3 is 0 Å². The van der Waals surface area contributed by atoms with Gasteiger partial charge in [-0.15, -0.1) is 0 Å². The normalized spacial score (nSPS) is 14.2. The van der Waals surface area contributed by atoms with Crippen LogP contribution >= 0.6 is 0 Å². The summed E-state index contributed by atoms with van der Waals surface area (Å²) in [6.07, 6.45) is 2.09. The predicted molar refractivity (Wildman–Crippen MR) is 68.0 cm³/mol. The predicted octanol–water partition coefficient (Wildman–Crippen LogP) is 0.432. The number of furan rings is 1. The SMILES string of the molecule is Nc1nc(N)c2c(n1)CCN(C(=O)c1ccco1)C2. The average molecular weight is 259 g/mol. The van der Waals surface area contributed by atoms with E-state index in [1.165, 1.54) is 6.26 Å². The Morgan fingerprint density at radius 3 is 2.95 bits per heavy atom. The lowest BCUT2D eigenvalue weighted by Crippen LogP contribution is -2.37. The molecule has 0 saturated carbocycles. The van der Waals surface area contributed by atoms with Gasteiger partial charge in [-0.05, 0) is 12.1 Å². The molecule has 19 heavy (non-hydrogen) atoms. The molecule has 0 spiro atoms. The van der Waals surface area contributed by atoms with E-state index in [2.05, 4.69) is 9.97 Å². The van der Waals surface area contributed by atoms with Crippen molar-refractivity contribution in [2.24, 2.45) is 0 Å². The number of carbonyl (C=O) groups excluding carboxylic acids is 1. The van der Waals surface area contributed by atoms with Crippen LogP contribution in [0.1, 0.15) is 21.8 Å². The third kappa shape index (κ3) is 1.99. The van der Waals surface area contributed by atoms with Crippen LogP contribution in [0.15, 0.2) is 22.8 Å². The summed E-state index contributed by atoms with van der Waals surface area (Å²) in [5.41, 5.74) is 13.0. The number of carbonyl (C=O) groups is 1. The lowest BCUT2D eigenvalue weighted by Gasteiger charge is -2.28. The molecule has 0 aromatic carbocycles. The molecule has 3 heterocycles. The zero-order chi connectivity index (χ0) is 13.4. The van der Waals surface area contributed by atoms with E-state index in [4.69, 9.17) is 15.9 Å². The van der Waals surface area contributed by atoms with Crippen LogP contribution < -0.4 is 11.5 Å². The van der Waals surface area contributed by atoms with Gasteiger partial charge in [-0.25, -0.2) is 4.98 Å². The van der Waals surface area contributed by atoms with E-state index in [-0.39, 0.29) is 11.9 Å². The van der Waals surface area contributed by atoms with Crippen LogP contribution in [0.5, 0.6) is 0 Å². The van der Waals surface area contributed by atoms with Gasteiger partial charge in [0.25, 0.3) is 5.91 Å². The molecule has 2 aromatic heterocycles. The molecule has 0 radical (unpaired) electrons. The third-order valence-electron chi connectivity index (χ3n) is 3.13. The minimum atomic E-state index is -0.160. The Bertz CT molecular complexity index is 623. The van der Waals surface area contributed by atoms with Gasteiger partial charge in [-0.1, -0.05) is 0 Å². The molecule has 7 nitrogen and oxygen atoms in total. The van der Waals surface area contributed by atoms with E-state index in [1.807, 2.05) is 0 Å². The van der Waals surface area contributed by atoms with Gasteiger partial charge < -0.3 is 20.8 Å². The van der Waals surface area contributed by atoms with Gasteiger partial charge in [-0.2, -0.15) is 4.98 Å². The highest BCUT2D eigenvalue weighted by Crippen LogP contribution is 2.23. The molecule has 1 aliphatic rings. The van der Waals surface area contributed by atoms with Crippen LogP contribution in [0.3, 0.4) is 0 Å². The van der Waals surface area contributed by atoms with Crippen molar-refractivity contribution >= 4 is 17.7 Å². The zero-order valence-electron chi connectivity index (χ0n) is 10.2. The molecule has 2 aromatic rings. The van der Waals surface area contributed by atoms with E-state index in [1.54, 1.807) is 17.0 Å². The van der Waals surface area contributed by atoms with Crippen LogP contribution in [0.2, 0.25) is 0 Å². The van der Waals surface area contributed by atoms with Gasteiger partial charge in [0, 0.05) is 18.5 Å². The van der Waals surface area contributed by atoms with E-state index in [0.717, 1.165) is 11.3 Å². The summed E-state index contributed by atoms with van der Waals surface area (Å²) in [6, 6.07) is 3.32. The lowest BCUT2D eigenvalue weighted by atomic mass is 10.1. The molecule has 0 atom stereocenters. The Kier molecular flexibility index (Phi) is 2.59. The van der Waals surface area contributed by atoms with Crippen LogP contribution in [-0.2, 0) is 13.0 Å². The summed E-state index contributed by atoms with van der Waals surface area (Å²) in [5, 5.41) is 0. The summed E-state index contributed by atoms with van der Waals surface area (Å²) in [4.78, 5) is 21.9. The molecule has 0 fully saturated rings. The van der Waals surface area contributed by atoms with Gasteiger partial charge in [-0.3, -0.25) is 4.79 Å². The summed E-state index contributed by atoms with van der Waals surface area (Å²) in [5.74, 6) is 0.659. The smallest absolute Gasteiger partial charge is 0.289 e. The molecule has 3 rings (SSSR count). The van der Waals surface area contributed by atoms with Gasteiger partial charge in [0.05, 0.1) is 18.5 Å². The zero-order valence-corrected chi connectivity index (χ0v) is 10.2. The Balaban J connectivity index is 1.88. The number of nitrogens with two attached hydrogens (primary N) is 2. The van der Waals surface area contributed by atoms with Crippen molar-refractivity contribution in [3.05, 3.63) is 35.4 Å². The first kappa shape index (κ1) is 11.5. The number of hydrogen-bond donors (Lipinski definition) is 2. The Morgan fingerprint density at radius 1 is 1.37 bits per heavy atom. The number of anilines is 2. The van der Waals surface area contributed by atoms with E-state index < -0.39 is 0 Å². The topological polar surface area (TPSA) is 111 Å². The van der Waals surface area contributed by atoms with Crippen molar-refractivity contribution in [3.63, 3.8) is 0 Å². The molecule has 0 bridgehead atoms. The molecule has 7 heteroatoms. The van der Waals surface area contributed by atoms with Crippen molar-refractivity contribution in [3.8, 4) is 0 Å². The molecular weight excluding hydrogens is 246 g/mol. The van der Waals surface area contributed by atoms with Crippen molar-refractivity contribution in [1.82, 2.24) is 14.9 Å². The monoisotopic (exact) mass is 259 g/mol. The fourth-order valence-electron chi connectivity index (χ4n) is 2.19. The minimum Gasteiger partial charge on any atom is -0.459 e. The minimum absolute atomic E-state index is 0.160. The number of rotatable bonds is 1. The van der Waals surface area contributed by atoms with Crippen molar-refractivity contribution in [2.75, 3.05) is 18.0 Å². The standard InChI is InChI=1S/C12H13N5O2/c13-10-7-6-17(11(18)9-2-1-5-19-9)4-3-8(7)15-12(14)16-10/h1-2,5H,3-4,6H2,(H4,13,14,15,16). The second-order valence-electron chi connectivity index (χ2n) is 4.35. The average Bonchev–Trinajstić information content (AvgIpc) is 2.91. The van der Waals surface area contributed by atoms with Gasteiger partial charge in [0.15, 0.2) is 5.76 Å². The Morgan fingerprint density at radius 2 is 2.21 bits per heavy atom. The van der Waals surface area contributed by atoms with Crippen molar-refractivity contribution < 1.29 is 9.21 Å². The van der Waals surface area contributed by atoms with Gasteiger partial charge in [0.1, 0.15) is 5.82 Å². The van der Waals surface area contributed by atoms with E-state index >= 15 is 0 Å². The molecule has 0 aliphatic carbocycles. The molecule has 0 unspecified atom stereocenters. The number of amides is 1. The molecule has 1 amide bonds. The third-order valence-corrected chi connectivity index (χ3v) is 3.13. The highest BCUT2D eigenvalue weighted by atomic mass is 16.3. The highest BCUT2D eigenvalue weighted by Gasteiger charge is 2.26. The fraction of sp³-hybridized carbons (Fsp3) is 0.250. The maximum Gasteiger partial charge on any atom is 0.289 e. The maximum atomic E-state index is 12.2. The van der Waals surface area contributed by atoms with Crippen LogP contribution in [0.4, 0.5) is 11.8 Å².